The highest BCUT2D eigenvalue weighted by atomic mass is 32.2. The van der Waals surface area contributed by atoms with E-state index in [0.717, 1.165) is 23.9 Å². The summed E-state index contributed by atoms with van der Waals surface area (Å²) in [5.41, 5.74) is 6.37. The number of esters is 1. The Hall–Kier alpha value is -3.65. The summed E-state index contributed by atoms with van der Waals surface area (Å²) >= 11 is 1.08. The fourth-order valence-electron chi connectivity index (χ4n) is 3.91. The molecule has 0 fully saturated rings. The van der Waals surface area contributed by atoms with Crippen molar-refractivity contribution in [1.82, 2.24) is 4.90 Å². The van der Waals surface area contributed by atoms with Gasteiger partial charge in [-0.05, 0) is 49.4 Å². The highest BCUT2D eigenvalue weighted by Crippen LogP contribution is 2.47. The minimum atomic E-state index is -4.51. The molecule has 0 saturated carbocycles. The molecule has 0 unspecified atom stereocenters. The van der Waals surface area contributed by atoms with Crippen LogP contribution in [0.3, 0.4) is 0 Å². The Morgan fingerprint density at radius 1 is 1.31 bits per heavy atom. The average Bonchev–Trinajstić information content (AvgIpc) is 3.43. The minimum Gasteiger partial charge on any atom is -0.463 e. The van der Waals surface area contributed by atoms with Gasteiger partial charge in [-0.3, -0.25) is 4.90 Å². The Labute approximate surface area is 203 Å². The molecule has 1 atom stereocenters. The van der Waals surface area contributed by atoms with Crippen molar-refractivity contribution in [2.75, 3.05) is 6.61 Å². The largest absolute Gasteiger partial charge is 0.463 e. The van der Waals surface area contributed by atoms with Gasteiger partial charge in [-0.2, -0.15) is 18.4 Å². The van der Waals surface area contributed by atoms with Crippen LogP contribution in [0.15, 0.2) is 67.8 Å². The Kier molecular flexibility index (Phi) is 6.67. The van der Waals surface area contributed by atoms with Crippen molar-refractivity contribution >= 4 is 22.9 Å². The number of fused-ring (bicyclic) bond motifs is 1. The SMILES string of the molecule is CCCC1=C(C(=O)OCC)[C@H](c2ccc(-c3cccc(C(F)(F)F)c3)o2)N2C(=N1)SC(C#N)=C2N. The number of hydrogen-bond acceptors (Lipinski definition) is 8. The lowest BCUT2D eigenvalue weighted by atomic mass is 9.97. The third-order valence-electron chi connectivity index (χ3n) is 5.42. The molecule has 1 aromatic carbocycles. The summed E-state index contributed by atoms with van der Waals surface area (Å²) in [6.07, 6.45) is -3.35. The Balaban J connectivity index is 1.85. The van der Waals surface area contributed by atoms with Gasteiger partial charge in [-0.25, -0.2) is 9.79 Å². The second-order valence-electron chi connectivity index (χ2n) is 7.71. The molecule has 0 bridgehead atoms. The molecule has 2 aromatic rings. The van der Waals surface area contributed by atoms with Crippen LogP contribution >= 0.6 is 11.8 Å². The van der Waals surface area contributed by atoms with Gasteiger partial charge in [0.25, 0.3) is 0 Å². The molecule has 2 N–H and O–H groups in total. The van der Waals surface area contributed by atoms with Crippen molar-refractivity contribution in [3.05, 3.63) is 69.7 Å². The van der Waals surface area contributed by atoms with E-state index in [2.05, 4.69) is 4.99 Å². The predicted molar refractivity (Wildman–Crippen MR) is 124 cm³/mol. The molecule has 0 saturated heterocycles. The average molecular weight is 503 g/mol. The molecule has 2 aliphatic heterocycles. The third-order valence-corrected chi connectivity index (χ3v) is 6.39. The number of furan rings is 1. The van der Waals surface area contributed by atoms with Gasteiger partial charge in [0.15, 0.2) is 5.17 Å². The molecule has 7 nitrogen and oxygen atoms in total. The minimum absolute atomic E-state index is 0.107. The number of halogens is 3. The number of benzene rings is 1. The fraction of sp³-hybridized carbons (Fsp3) is 0.292. The molecule has 2 aliphatic rings. The van der Waals surface area contributed by atoms with Crippen molar-refractivity contribution in [2.45, 2.75) is 38.9 Å². The van der Waals surface area contributed by atoms with Gasteiger partial charge in [0, 0.05) is 5.56 Å². The molecular weight excluding hydrogens is 481 g/mol. The standard InChI is InChI=1S/C24H21F3N4O3S/c1-3-6-15-19(22(32)33-4-2)20(31-21(29)18(12-28)35-23(31)30-15)17-10-9-16(34-17)13-7-5-8-14(11-13)24(25,26)27/h5,7-11,20H,3-4,6,29H2,1-2H3/t20-/m0/s1. The highest BCUT2D eigenvalue weighted by Gasteiger charge is 2.44. The summed E-state index contributed by atoms with van der Waals surface area (Å²) in [5.74, 6) is -0.0610. The van der Waals surface area contributed by atoms with Crippen LogP contribution < -0.4 is 5.73 Å². The van der Waals surface area contributed by atoms with Crippen molar-refractivity contribution < 1.29 is 27.1 Å². The van der Waals surface area contributed by atoms with Crippen molar-refractivity contribution in [3.8, 4) is 17.4 Å². The summed E-state index contributed by atoms with van der Waals surface area (Å²) in [4.78, 5) is 19.4. The second kappa shape index (κ2) is 9.54. The summed E-state index contributed by atoms with van der Waals surface area (Å²) in [6.45, 7) is 3.74. The van der Waals surface area contributed by atoms with Crippen molar-refractivity contribution in [1.29, 1.82) is 5.26 Å². The number of carbonyl (C=O) groups excluding carboxylic acids is 1. The van der Waals surface area contributed by atoms with E-state index in [0.29, 0.717) is 23.7 Å². The Bertz CT molecular complexity index is 1300. The van der Waals surface area contributed by atoms with Gasteiger partial charge in [0.1, 0.15) is 34.4 Å². The lowest BCUT2D eigenvalue weighted by Gasteiger charge is -2.33. The second-order valence-corrected chi connectivity index (χ2v) is 8.68. The van der Waals surface area contributed by atoms with Crippen molar-refractivity contribution in [2.24, 2.45) is 10.7 Å². The Morgan fingerprint density at radius 2 is 2.09 bits per heavy atom. The van der Waals surface area contributed by atoms with E-state index in [9.17, 15) is 23.2 Å². The molecule has 0 spiro atoms. The Morgan fingerprint density at radius 3 is 2.74 bits per heavy atom. The predicted octanol–water partition coefficient (Wildman–Crippen LogP) is 5.69. The molecule has 35 heavy (non-hydrogen) atoms. The zero-order chi connectivity index (χ0) is 25.3. The first-order chi connectivity index (χ1) is 16.7. The number of allylic oxidation sites excluding steroid dienone is 2. The highest BCUT2D eigenvalue weighted by molar-refractivity contribution is 8.17. The number of nitrogens with zero attached hydrogens (tertiary/aromatic N) is 3. The van der Waals surface area contributed by atoms with Crippen LogP contribution in [0.1, 0.15) is 44.1 Å². The molecule has 0 aliphatic carbocycles. The number of rotatable bonds is 6. The summed E-state index contributed by atoms with van der Waals surface area (Å²) in [5, 5.41) is 9.92. The monoisotopic (exact) mass is 502 g/mol. The van der Waals surface area contributed by atoms with Crippen LogP contribution in [0, 0.1) is 11.3 Å². The summed E-state index contributed by atoms with van der Waals surface area (Å²) in [6, 6.07) is 9.02. The summed E-state index contributed by atoms with van der Waals surface area (Å²) < 4.78 is 51.0. The molecular formula is C24H21F3N4O3S. The lowest BCUT2D eigenvalue weighted by molar-refractivity contribution is -0.139. The van der Waals surface area contributed by atoms with Crippen LogP contribution in [-0.2, 0) is 15.7 Å². The normalized spacial score (nSPS) is 17.9. The molecule has 182 valence electrons. The molecule has 1 aromatic heterocycles. The van der Waals surface area contributed by atoms with E-state index >= 15 is 0 Å². The van der Waals surface area contributed by atoms with Gasteiger partial charge in [-0.15, -0.1) is 0 Å². The maximum Gasteiger partial charge on any atom is 0.416 e. The van der Waals surface area contributed by atoms with Crippen LogP contribution in [0.2, 0.25) is 0 Å². The molecule has 0 radical (unpaired) electrons. The van der Waals surface area contributed by atoms with Gasteiger partial charge >= 0.3 is 12.1 Å². The maximum absolute atomic E-state index is 13.2. The number of alkyl halides is 3. The summed E-state index contributed by atoms with van der Waals surface area (Å²) in [7, 11) is 0. The number of nitrogens with two attached hydrogens (primary N) is 1. The van der Waals surface area contributed by atoms with Crippen LogP contribution in [0.4, 0.5) is 13.2 Å². The molecule has 3 heterocycles. The van der Waals surface area contributed by atoms with Crippen LogP contribution in [-0.4, -0.2) is 22.6 Å². The zero-order valence-corrected chi connectivity index (χ0v) is 19.7. The lowest BCUT2D eigenvalue weighted by Crippen LogP contribution is -2.38. The van der Waals surface area contributed by atoms with E-state index in [4.69, 9.17) is 14.9 Å². The number of aliphatic imine (C=N–C) groups is 1. The van der Waals surface area contributed by atoms with E-state index in [1.165, 1.54) is 23.1 Å². The van der Waals surface area contributed by atoms with Crippen molar-refractivity contribution in [3.63, 3.8) is 0 Å². The molecule has 4 rings (SSSR count). The third kappa shape index (κ3) is 4.53. The van der Waals surface area contributed by atoms with E-state index < -0.39 is 23.8 Å². The van der Waals surface area contributed by atoms with E-state index in [1.54, 1.807) is 13.0 Å². The number of hydrogen-bond donors (Lipinski definition) is 1. The zero-order valence-electron chi connectivity index (χ0n) is 18.8. The number of carbonyl (C=O) groups is 1. The first-order valence-corrected chi connectivity index (χ1v) is 11.6. The van der Waals surface area contributed by atoms with Gasteiger partial charge in [0.05, 0.1) is 23.4 Å². The number of nitriles is 1. The maximum atomic E-state index is 13.2. The first kappa shape index (κ1) is 24.5. The smallest absolute Gasteiger partial charge is 0.416 e. The van der Waals surface area contributed by atoms with E-state index in [1.807, 2.05) is 13.0 Å². The topological polar surface area (TPSA) is 105 Å². The van der Waals surface area contributed by atoms with Crippen LogP contribution in [0.25, 0.3) is 11.3 Å². The van der Waals surface area contributed by atoms with Gasteiger partial charge in [0.2, 0.25) is 0 Å². The molecule has 0 amide bonds. The molecule has 11 heteroatoms. The van der Waals surface area contributed by atoms with Gasteiger partial charge in [-0.1, -0.05) is 25.5 Å². The fourth-order valence-corrected chi connectivity index (χ4v) is 4.80. The number of thioether (sulfide) groups is 1. The van der Waals surface area contributed by atoms with Gasteiger partial charge < -0.3 is 14.9 Å². The van der Waals surface area contributed by atoms with E-state index in [-0.39, 0.29) is 40.0 Å². The first-order valence-electron chi connectivity index (χ1n) is 10.8. The number of ether oxygens (including phenoxy) is 1. The van der Waals surface area contributed by atoms with Crippen LogP contribution in [0.5, 0.6) is 0 Å². The quantitative estimate of drug-likeness (QED) is 0.506. The number of amidine groups is 1.